The lowest BCUT2D eigenvalue weighted by molar-refractivity contribution is -0.0613. The number of halogens is 2. The van der Waals surface area contributed by atoms with E-state index >= 15 is 0 Å². The first-order valence-electron chi connectivity index (χ1n) is 7.15. The summed E-state index contributed by atoms with van der Waals surface area (Å²) in [5.74, 6) is 5.79. The molecule has 1 aromatic rings. The third-order valence-corrected chi connectivity index (χ3v) is 4.88. The van der Waals surface area contributed by atoms with Crippen molar-refractivity contribution in [2.24, 2.45) is 5.84 Å². The Bertz CT molecular complexity index is 447. The molecule has 1 fully saturated rings. The number of benzene rings is 1. The van der Waals surface area contributed by atoms with E-state index in [0.717, 1.165) is 24.8 Å². The molecule has 1 aliphatic rings. The van der Waals surface area contributed by atoms with Crippen molar-refractivity contribution in [1.82, 2.24) is 5.43 Å². The lowest BCUT2D eigenvalue weighted by atomic mass is 9.87. The van der Waals surface area contributed by atoms with E-state index in [9.17, 15) is 0 Å². The van der Waals surface area contributed by atoms with Crippen LogP contribution in [0.1, 0.15) is 38.2 Å². The van der Waals surface area contributed by atoms with Crippen molar-refractivity contribution in [2.75, 3.05) is 6.61 Å². The predicted molar refractivity (Wildman–Crippen MR) is 84.1 cm³/mol. The van der Waals surface area contributed by atoms with Gasteiger partial charge in [0.2, 0.25) is 0 Å². The van der Waals surface area contributed by atoms with Crippen LogP contribution in [0.25, 0.3) is 0 Å². The molecule has 1 aromatic carbocycles. The fraction of sp³-hybridized carbons (Fsp3) is 0.600. The third-order valence-electron chi connectivity index (χ3n) is 4.14. The molecule has 3 N–H and O–H groups in total. The maximum Gasteiger partial charge on any atom is 0.0851 e. The monoisotopic (exact) mass is 316 g/mol. The second-order valence-electron chi connectivity index (χ2n) is 5.38. The quantitative estimate of drug-likeness (QED) is 0.621. The lowest BCUT2D eigenvalue weighted by Gasteiger charge is -2.37. The van der Waals surface area contributed by atoms with Gasteiger partial charge in [-0.1, -0.05) is 42.1 Å². The van der Waals surface area contributed by atoms with E-state index in [1.165, 1.54) is 12.8 Å². The van der Waals surface area contributed by atoms with Gasteiger partial charge in [-0.05, 0) is 43.9 Å². The van der Waals surface area contributed by atoms with Gasteiger partial charge in [0, 0.05) is 6.61 Å². The SMILES string of the molecule is CCOC1(C(Cc2ccc(Cl)c(Cl)c2)NN)CCCC1. The molecule has 0 bridgehead atoms. The van der Waals surface area contributed by atoms with Crippen molar-refractivity contribution < 1.29 is 4.74 Å². The molecule has 2 rings (SSSR count). The van der Waals surface area contributed by atoms with E-state index < -0.39 is 0 Å². The summed E-state index contributed by atoms with van der Waals surface area (Å²) in [5, 5.41) is 1.16. The predicted octanol–water partition coefficient (Wildman–Crippen LogP) is 3.72. The first-order chi connectivity index (χ1) is 9.61. The van der Waals surface area contributed by atoms with Crippen LogP contribution in [0.4, 0.5) is 0 Å². The van der Waals surface area contributed by atoms with Gasteiger partial charge in [0.15, 0.2) is 0 Å². The number of hydrogen-bond acceptors (Lipinski definition) is 3. The third kappa shape index (κ3) is 3.46. The Kier molecular flexibility index (Phi) is 5.70. The lowest BCUT2D eigenvalue weighted by Crippen LogP contribution is -2.54. The van der Waals surface area contributed by atoms with Crippen LogP contribution in [0.5, 0.6) is 0 Å². The van der Waals surface area contributed by atoms with Crippen LogP contribution in [0.3, 0.4) is 0 Å². The molecule has 0 radical (unpaired) electrons. The van der Waals surface area contributed by atoms with E-state index in [-0.39, 0.29) is 11.6 Å². The summed E-state index contributed by atoms with van der Waals surface area (Å²) in [6.07, 6.45) is 5.28. The minimum atomic E-state index is -0.157. The van der Waals surface area contributed by atoms with E-state index in [0.29, 0.717) is 16.7 Å². The fourth-order valence-electron chi connectivity index (χ4n) is 3.15. The Labute approximate surface area is 130 Å². The average Bonchev–Trinajstić information content (AvgIpc) is 2.90. The number of ether oxygens (including phenoxy) is 1. The molecular formula is C15H22Cl2N2O. The van der Waals surface area contributed by atoms with Crippen LogP contribution >= 0.6 is 23.2 Å². The van der Waals surface area contributed by atoms with E-state index in [1.54, 1.807) is 0 Å². The molecule has 0 aromatic heterocycles. The van der Waals surface area contributed by atoms with Crippen molar-refractivity contribution in [2.45, 2.75) is 50.7 Å². The smallest absolute Gasteiger partial charge is 0.0851 e. The molecule has 0 heterocycles. The molecule has 0 saturated heterocycles. The van der Waals surface area contributed by atoms with Crippen molar-refractivity contribution in [3.8, 4) is 0 Å². The van der Waals surface area contributed by atoms with Crippen LogP contribution in [0.15, 0.2) is 18.2 Å². The normalized spacial score (nSPS) is 19.2. The van der Waals surface area contributed by atoms with Gasteiger partial charge in [-0.3, -0.25) is 11.3 Å². The van der Waals surface area contributed by atoms with Gasteiger partial charge in [-0.2, -0.15) is 0 Å². The summed E-state index contributed by atoms with van der Waals surface area (Å²) in [6, 6.07) is 5.81. The highest BCUT2D eigenvalue weighted by Gasteiger charge is 2.41. The molecule has 0 amide bonds. The highest BCUT2D eigenvalue weighted by molar-refractivity contribution is 6.42. The van der Waals surface area contributed by atoms with Gasteiger partial charge in [-0.25, -0.2) is 0 Å². The van der Waals surface area contributed by atoms with Crippen LogP contribution < -0.4 is 11.3 Å². The van der Waals surface area contributed by atoms with E-state index in [2.05, 4.69) is 5.43 Å². The first-order valence-corrected chi connectivity index (χ1v) is 7.91. The molecule has 1 unspecified atom stereocenters. The topological polar surface area (TPSA) is 47.3 Å². The molecule has 1 atom stereocenters. The minimum absolute atomic E-state index is 0.0854. The number of nitrogens with one attached hydrogen (secondary N) is 1. The minimum Gasteiger partial charge on any atom is -0.374 e. The van der Waals surface area contributed by atoms with Crippen molar-refractivity contribution in [1.29, 1.82) is 0 Å². The van der Waals surface area contributed by atoms with Crippen molar-refractivity contribution in [3.63, 3.8) is 0 Å². The molecule has 112 valence electrons. The number of hydrogen-bond donors (Lipinski definition) is 2. The van der Waals surface area contributed by atoms with E-state index in [1.807, 2.05) is 25.1 Å². The van der Waals surface area contributed by atoms with E-state index in [4.69, 9.17) is 33.8 Å². The van der Waals surface area contributed by atoms with Gasteiger partial charge in [0.1, 0.15) is 0 Å². The summed E-state index contributed by atoms with van der Waals surface area (Å²) in [4.78, 5) is 0. The molecule has 0 aliphatic heterocycles. The van der Waals surface area contributed by atoms with Crippen LogP contribution in [-0.2, 0) is 11.2 Å². The number of hydrazine groups is 1. The van der Waals surface area contributed by atoms with Crippen molar-refractivity contribution >= 4 is 23.2 Å². The Balaban J connectivity index is 2.16. The van der Waals surface area contributed by atoms with Crippen LogP contribution in [0.2, 0.25) is 10.0 Å². The molecular weight excluding hydrogens is 295 g/mol. The Morgan fingerprint density at radius 3 is 2.55 bits per heavy atom. The molecule has 5 heteroatoms. The summed E-state index contributed by atoms with van der Waals surface area (Å²) < 4.78 is 6.07. The molecule has 3 nitrogen and oxygen atoms in total. The summed E-state index contributed by atoms with van der Waals surface area (Å²) in [5.41, 5.74) is 3.91. The summed E-state index contributed by atoms with van der Waals surface area (Å²) in [6.45, 7) is 2.74. The Morgan fingerprint density at radius 1 is 1.30 bits per heavy atom. The van der Waals surface area contributed by atoms with Crippen LogP contribution in [-0.4, -0.2) is 18.2 Å². The molecule has 0 spiro atoms. The second kappa shape index (κ2) is 7.10. The highest BCUT2D eigenvalue weighted by atomic mass is 35.5. The number of rotatable bonds is 6. The van der Waals surface area contributed by atoms with Gasteiger partial charge in [0.05, 0.1) is 21.7 Å². The zero-order valence-electron chi connectivity index (χ0n) is 11.8. The van der Waals surface area contributed by atoms with Gasteiger partial charge in [-0.15, -0.1) is 0 Å². The maximum absolute atomic E-state index is 6.08. The van der Waals surface area contributed by atoms with Crippen molar-refractivity contribution in [3.05, 3.63) is 33.8 Å². The van der Waals surface area contributed by atoms with Crippen LogP contribution in [0, 0.1) is 0 Å². The Morgan fingerprint density at radius 2 is 2.00 bits per heavy atom. The fourth-order valence-corrected chi connectivity index (χ4v) is 3.47. The van der Waals surface area contributed by atoms with Gasteiger partial charge in [0.25, 0.3) is 0 Å². The van der Waals surface area contributed by atoms with Gasteiger partial charge < -0.3 is 4.74 Å². The largest absolute Gasteiger partial charge is 0.374 e. The molecule has 20 heavy (non-hydrogen) atoms. The zero-order valence-corrected chi connectivity index (χ0v) is 13.3. The molecule has 1 saturated carbocycles. The highest BCUT2D eigenvalue weighted by Crippen LogP contribution is 2.37. The number of nitrogens with two attached hydrogens (primary N) is 1. The standard InChI is InChI=1S/C15H22Cl2N2O/c1-2-20-15(7-3-4-8-15)14(19-18)10-11-5-6-12(16)13(17)9-11/h5-6,9,14,19H,2-4,7-8,10,18H2,1H3. The first kappa shape index (κ1) is 16.1. The zero-order chi connectivity index (χ0) is 14.6. The maximum atomic E-state index is 6.08. The Hall–Kier alpha value is -0.320. The molecule has 1 aliphatic carbocycles. The summed E-state index contributed by atoms with van der Waals surface area (Å²) in [7, 11) is 0. The second-order valence-corrected chi connectivity index (χ2v) is 6.19. The average molecular weight is 317 g/mol. The van der Waals surface area contributed by atoms with Gasteiger partial charge >= 0.3 is 0 Å². The summed E-state index contributed by atoms with van der Waals surface area (Å²) >= 11 is 12.0.